The highest BCUT2D eigenvalue weighted by molar-refractivity contribution is 7.90. The van der Waals surface area contributed by atoms with Crippen LogP contribution in [0.1, 0.15) is 16.8 Å². The maximum Gasteiger partial charge on any atom is 0.253 e. The second kappa shape index (κ2) is 7.76. The van der Waals surface area contributed by atoms with Crippen molar-refractivity contribution in [3.05, 3.63) is 29.8 Å². The predicted octanol–water partition coefficient (Wildman–Crippen LogP) is 1.09. The summed E-state index contributed by atoms with van der Waals surface area (Å²) in [5.74, 6) is -0.248. The van der Waals surface area contributed by atoms with Crippen molar-refractivity contribution >= 4 is 15.7 Å². The summed E-state index contributed by atoms with van der Waals surface area (Å²) in [6.45, 7) is 1.07. The molecule has 1 aromatic carbocycles. The van der Waals surface area contributed by atoms with Crippen molar-refractivity contribution in [1.82, 2.24) is 4.90 Å². The van der Waals surface area contributed by atoms with Crippen LogP contribution in [0, 0.1) is 11.3 Å². The summed E-state index contributed by atoms with van der Waals surface area (Å²) in [6, 6.07) is 7.76. The second-order valence-electron chi connectivity index (χ2n) is 4.49. The minimum Gasteiger partial charge on any atom is -0.383 e. The van der Waals surface area contributed by atoms with Crippen LogP contribution in [0.25, 0.3) is 0 Å². The Morgan fingerprint density at radius 1 is 1.29 bits per heavy atom. The molecule has 1 rings (SSSR count). The number of hydrogen-bond acceptors (Lipinski definition) is 5. The van der Waals surface area contributed by atoms with Crippen LogP contribution < -0.4 is 0 Å². The van der Waals surface area contributed by atoms with Crippen LogP contribution in [-0.4, -0.2) is 52.3 Å². The molecule has 0 fully saturated rings. The van der Waals surface area contributed by atoms with Crippen LogP contribution in [0.5, 0.6) is 0 Å². The van der Waals surface area contributed by atoms with Gasteiger partial charge < -0.3 is 9.64 Å². The number of carbonyl (C=O) groups excluding carboxylic acids is 1. The molecule has 0 saturated heterocycles. The van der Waals surface area contributed by atoms with Crippen molar-refractivity contribution < 1.29 is 17.9 Å². The lowest BCUT2D eigenvalue weighted by Crippen LogP contribution is -2.34. The molecule has 0 atom stereocenters. The van der Waals surface area contributed by atoms with Gasteiger partial charge >= 0.3 is 0 Å². The van der Waals surface area contributed by atoms with E-state index in [-0.39, 0.29) is 17.2 Å². The summed E-state index contributed by atoms with van der Waals surface area (Å²) in [5.41, 5.74) is 0.386. The first-order valence-corrected chi connectivity index (χ1v) is 8.24. The predicted molar refractivity (Wildman–Crippen MR) is 77.6 cm³/mol. The molecular formula is C14H18N2O4S. The number of ether oxygens (including phenoxy) is 1. The van der Waals surface area contributed by atoms with Crippen molar-refractivity contribution in [3.63, 3.8) is 0 Å². The van der Waals surface area contributed by atoms with E-state index in [4.69, 9.17) is 10.00 Å². The van der Waals surface area contributed by atoms with Crippen molar-refractivity contribution in [2.24, 2.45) is 0 Å². The smallest absolute Gasteiger partial charge is 0.253 e. The molecule has 114 valence electrons. The van der Waals surface area contributed by atoms with Crippen LogP contribution in [0.4, 0.5) is 0 Å². The third-order valence-electron chi connectivity index (χ3n) is 2.88. The fraction of sp³-hybridized carbons (Fsp3) is 0.429. The lowest BCUT2D eigenvalue weighted by molar-refractivity contribution is 0.0700. The lowest BCUT2D eigenvalue weighted by atomic mass is 10.2. The van der Waals surface area contributed by atoms with E-state index in [0.29, 0.717) is 25.3 Å². The largest absolute Gasteiger partial charge is 0.383 e. The molecule has 1 aromatic rings. The minimum absolute atomic E-state index is 0.166. The van der Waals surface area contributed by atoms with Gasteiger partial charge in [-0.1, -0.05) is 0 Å². The van der Waals surface area contributed by atoms with Crippen molar-refractivity contribution in [3.8, 4) is 6.07 Å². The van der Waals surface area contributed by atoms with Gasteiger partial charge in [0, 0.05) is 32.0 Å². The summed E-state index contributed by atoms with van der Waals surface area (Å²) in [4.78, 5) is 14.0. The van der Waals surface area contributed by atoms with Crippen LogP contribution in [-0.2, 0) is 14.6 Å². The molecule has 21 heavy (non-hydrogen) atoms. The fourth-order valence-corrected chi connectivity index (χ4v) is 2.36. The number of hydrogen-bond donors (Lipinski definition) is 0. The number of sulfone groups is 1. The molecule has 0 spiro atoms. The zero-order chi connectivity index (χ0) is 15.9. The van der Waals surface area contributed by atoms with Gasteiger partial charge in [-0.15, -0.1) is 0 Å². The maximum atomic E-state index is 12.3. The third-order valence-corrected chi connectivity index (χ3v) is 4.00. The van der Waals surface area contributed by atoms with Gasteiger partial charge in [-0.05, 0) is 24.3 Å². The van der Waals surface area contributed by atoms with Gasteiger partial charge in [0.2, 0.25) is 0 Å². The summed E-state index contributed by atoms with van der Waals surface area (Å²) in [5, 5.41) is 8.63. The molecule has 0 unspecified atom stereocenters. The molecule has 0 heterocycles. The molecule has 0 aliphatic carbocycles. The Bertz CT molecular complexity index is 617. The molecule has 1 amide bonds. The standard InChI is InChI=1S/C14H18N2O4S/c1-20-11-10-16(9-3-8-15)14(17)12-4-6-13(7-5-12)21(2,18)19/h4-7H,3,9-11H2,1-2H3. The highest BCUT2D eigenvalue weighted by Gasteiger charge is 2.16. The normalized spacial score (nSPS) is 10.9. The Hall–Kier alpha value is -1.91. The van der Waals surface area contributed by atoms with Gasteiger partial charge in [-0.2, -0.15) is 5.26 Å². The number of carbonyl (C=O) groups is 1. The summed E-state index contributed by atoms with van der Waals surface area (Å²) in [7, 11) is -1.75. The quantitative estimate of drug-likeness (QED) is 0.752. The van der Waals surface area contributed by atoms with E-state index in [1.54, 1.807) is 0 Å². The number of methoxy groups -OCH3 is 1. The molecule has 0 radical (unpaired) electrons. The number of nitriles is 1. The Morgan fingerprint density at radius 2 is 1.90 bits per heavy atom. The highest BCUT2D eigenvalue weighted by atomic mass is 32.2. The molecule has 0 N–H and O–H groups in total. The van der Waals surface area contributed by atoms with Gasteiger partial charge in [0.05, 0.1) is 24.0 Å². The Morgan fingerprint density at radius 3 is 2.38 bits per heavy atom. The van der Waals surface area contributed by atoms with Crippen molar-refractivity contribution in [2.45, 2.75) is 11.3 Å². The molecular weight excluding hydrogens is 292 g/mol. The van der Waals surface area contributed by atoms with Crippen molar-refractivity contribution in [1.29, 1.82) is 5.26 Å². The molecule has 0 aliphatic heterocycles. The maximum absolute atomic E-state index is 12.3. The van der Waals surface area contributed by atoms with Crippen LogP contribution in [0.15, 0.2) is 29.2 Å². The van der Waals surface area contributed by atoms with E-state index in [1.807, 2.05) is 6.07 Å². The van der Waals surface area contributed by atoms with Crippen molar-refractivity contribution in [2.75, 3.05) is 33.1 Å². The van der Waals surface area contributed by atoms with Crippen LogP contribution in [0.2, 0.25) is 0 Å². The average molecular weight is 310 g/mol. The minimum atomic E-state index is -3.28. The number of rotatable bonds is 7. The van der Waals surface area contributed by atoms with E-state index < -0.39 is 9.84 Å². The Balaban J connectivity index is 2.90. The summed E-state index contributed by atoms with van der Waals surface area (Å²) in [6.07, 6.45) is 1.35. The van der Waals surface area contributed by atoms with Crippen LogP contribution >= 0.6 is 0 Å². The third kappa shape index (κ3) is 5.17. The highest BCUT2D eigenvalue weighted by Crippen LogP contribution is 2.12. The summed E-state index contributed by atoms with van der Waals surface area (Å²) >= 11 is 0. The number of nitrogens with zero attached hydrogens (tertiary/aromatic N) is 2. The van der Waals surface area contributed by atoms with Gasteiger partial charge in [0.15, 0.2) is 9.84 Å². The van der Waals surface area contributed by atoms with E-state index in [2.05, 4.69) is 0 Å². The van der Waals surface area contributed by atoms with E-state index in [9.17, 15) is 13.2 Å². The topological polar surface area (TPSA) is 87.5 Å². The number of amides is 1. The molecule has 0 saturated carbocycles. The Labute approximate surface area is 124 Å². The average Bonchev–Trinajstić information content (AvgIpc) is 2.46. The first-order chi connectivity index (χ1) is 9.90. The van der Waals surface area contributed by atoms with E-state index in [1.165, 1.54) is 36.3 Å². The first-order valence-electron chi connectivity index (χ1n) is 6.35. The Kier molecular flexibility index (Phi) is 6.34. The SMILES string of the molecule is COCCN(CCC#N)C(=O)c1ccc(S(C)(=O)=O)cc1. The lowest BCUT2D eigenvalue weighted by Gasteiger charge is -2.21. The summed E-state index contributed by atoms with van der Waals surface area (Å²) < 4.78 is 27.7. The van der Waals surface area contributed by atoms with E-state index >= 15 is 0 Å². The second-order valence-corrected chi connectivity index (χ2v) is 6.51. The van der Waals surface area contributed by atoms with Crippen LogP contribution in [0.3, 0.4) is 0 Å². The fourth-order valence-electron chi connectivity index (χ4n) is 1.73. The van der Waals surface area contributed by atoms with Gasteiger partial charge in [0.25, 0.3) is 5.91 Å². The van der Waals surface area contributed by atoms with Gasteiger partial charge in [0.1, 0.15) is 0 Å². The molecule has 6 nitrogen and oxygen atoms in total. The van der Waals surface area contributed by atoms with Gasteiger partial charge in [-0.3, -0.25) is 4.79 Å². The number of benzene rings is 1. The first kappa shape index (κ1) is 17.1. The molecule has 0 aliphatic rings. The zero-order valence-corrected chi connectivity index (χ0v) is 12.9. The van der Waals surface area contributed by atoms with E-state index in [0.717, 1.165) is 6.26 Å². The zero-order valence-electron chi connectivity index (χ0n) is 12.1. The monoisotopic (exact) mass is 310 g/mol. The molecule has 0 bridgehead atoms. The molecule has 0 aromatic heterocycles. The molecule has 7 heteroatoms. The van der Waals surface area contributed by atoms with Gasteiger partial charge in [-0.25, -0.2) is 8.42 Å².